The summed E-state index contributed by atoms with van der Waals surface area (Å²) in [6.45, 7) is 5.83. The number of likely N-dealkylation sites (tertiary alicyclic amines) is 1. The normalized spacial score (nSPS) is 18.6. The Labute approximate surface area is 162 Å². The van der Waals surface area contributed by atoms with E-state index in [2.05, 4.69) is 15.5 Å². The summed E-state index contributed by atoms with van der Waals surface area (Å²) in [5.74, 6) is -0.0482. The highest BCUT2D eigenvalue weighted by molar-refractivity contribution is 7.14. The van der Waals surface area contributed by atoms with Gasteiger partial charge in [0.1, 0.15) is 11.3 Å². The van der Waals surface area contributed by atoms with Gasteiger partial charge in [-0.3, -0.25) is 14.7 Å². The van der Waals surface area contributed by atoms with E-state index >= 15 is 0 Å². The van der Waals surface area contributed by atoms with Crippen LogP contribution in [0.5, 0.6) is 0 Å². The van der Waals surface area contributed by atoms with Crippen LogP contribution < -0.4 is 5.32 Å². The van der Waals surface area contributed by atoms with Crippen LogP contribution in [0.25, 0.3) is 0 Å². The Morgan fingerprint density at radius 3 is 2.81 bits per heavy atom. The average Bonchev–Trinajstić information content (AvgIpc) is 3.32. The molecule has 1 fully saturated rings. The molecule has 2 aromatic heterocycles. The molecule has 4 rings (SSSR count). The van der Waals surface area contributed by atoms with Crippen molar-refractivity contribution in [1.29, 1.82) is 0 Å². The second-order valence-corrected chi connectivity index (χ2v) is 8.50. The van der Waals surface area contributed by atoms with Crippen LogP contribution in [0, 0.1) is 0 Å². The number of fused-ring (bicyclic) bond motifs is 2. The van der Waals surface area contributed by atoms with E-state index in [-0.39, 0.29) is 23.5 Å². The number of aromatic nitrogens is 2. The van der Waals surface area contributed by atoms with Crippen LogP contribution in [0.3, 0.4) is 0 Å². The zero-order valence-corrected chi connectivity index (χ0v) is 16.4. The first-order valence-electron chi connectivity index (χ1n) is 9.35. The van der Waals surface area contributed by atoms with Crippen molar-refractivity contribution in [2.75, 3.05) is 19.7 Å². The smallest absolute Gasteiger partial charge is 0.271 e. The fourth-order valence-corrected chi connectivity index (χ4v) is 5.17. The zero-order valence-electron chi connectivity index (χ0n) is 15.6. The van der Waals surface area contributed by atoms with E-state index in [1.165, 1.54) is 5.56 Å². The Bertz CT molecular complexity index is 835. The number of nitrogens with zero attached hydrogens (tertiary/aromatic N) is 2. The van der Waals surface area contributed by atoms with Gasteiger partial charge < -0.3 is 15.0 Å². The highest BCUT2D eigenvalue weighted by Gasteiger charge is 2.43. The number of thiophene rings is 1. The fraction of sp³-hybridized carbons (Fsp3) is 0.526. The third kappa shape index (κ3) is 3.39. The molecular weight excluding hydrogens is 364 g/mol. The second kappa shape index (κ2) is 7.09. The van der Waals surface area contributed by atoms with Crippen LogP contribution in [0.4, 0.5) is 0 Å². The zero-order chi connectivity index (χ0) is 19.0. The third-order valence-electron chi connectivity index (χ3n) is 5.21. The molecule has 2 aromatic rings. The number of nitrogens with one attached hydrogen (secondary N) is 2. The summed E-state index contributed by atoms with van der Waals surface area (Å²) in [5.41, 5.74) is 1.35. The highest BCUT2D eigenvalue weighted by atomic mass is 32.1. The molecule has 2 N–H and O–H groups in total. The first-order chi connectivity index (χ1) is 13.0. The number of H-pyrrole nitrogens is 1. The molecule has 4 heterocycles. The van der Waals surface area contributed by atoms with Crippen LogP contribution in [0.1, 0.15) is 57.3 Å². The van der Waals surface area contributed by atoms with E-state index < -0.39 is 0 Å². The Kier molecular flexibility index (Phi) is 4.77. The topological polar surface area (TPSA) is 87.3 Å². The van der Waals surface area contributed by atoms with Crippen LogP contribution in [0.2, 0.25) is 0 Å². The molecule has 0 aliphatic carbocycles. The van der Waals surface area contributed by atoms with Gasteiger partial charge in [0.2, 0.25) is 0 Å². The molecule has 7 nitrogen and oxygen atoms in total. The van der Waals surface area contributed by atoms with Gasteiger partial charge in [-0.2, -0.15) is 5.10 Å². The fourth-order valence-electron chi connectivity index (χ4n) is 3.85. The minimum Gasteiger partial charge on any atom is -0.369 e. The number of hydrogen-bond donors (Lipinski definition) is 2. The Morgan fingerprint density at radius 1 is 1.37 bits per heavy atom. The summed E-state index contributed by atoms with van der Waals surface area (Å²) in [4.78, 5) is 28.7. The molecule has 2 amide bonds. The van der Waals surface area contributed by atoms with Gasteiger partial charge in [0, 0.05) is 30.2 Å². The van der Waals surface area contributed by atoms with Crippen LogP contribution in [0.15, 0.2) is 18.3 Å². The average molecular weight is 388 g/mol. The first-order valence-corrected chi connectivity index (χ1v) is 10.2. The maximum absolute atomic E-state index is 12.5. The molecule has 0 bridgehead atoms. The number of aromatic amines is 1. The quantitative estimate of drug-likeness (QED) is 0.845. The van der Waals surface area contributed by atoms with E-state index in [1.54, 1.807) is 23.6 Å². The van der Waals surface area contributed by atoms with Crippen molar-refractivity contribution in [3.8, 4) is 0 Å². The van der Waals surface area contributed by atoms with Crippen molar-refractivity contribution in [2.45, 2.75) is 44.8 Å². The van der Waals surface area contributed by atoms with Gasteiger partial charge in [-0.25, -0.2) is 0 Å². The number of piperidine rings is 1. The summed E-state index contributed by atoms with van der Waals surface area (Å²) >= 11 is 1.54. The largest absolute Gasteiger partial charge is 0.369 e. The minimum absolute atomic E-state index is 0.0218. The molecule has 1 saturated heterocycles. The predicted molar refractivity (Wildman–Crippen MR) is 102 cm³/mol. The van der Waals surface area contributed by atoms with E-state index in [4.69, 9.17) is 4.74 Å². The molecule has 0 saturated carbocycles. The second-order valence-electron chi connectivity index (χ2n) is 7.45. The Morgan fingerprint density at radius 2 is 2.15 bits per heavy atom. The molecule has 0 aromatic carbocycles. The van der Waals surface area contributed by atoms with E-state index in [0.717, 1.165) is 29.0 Å². The van der Waals surface area contributed by atoms with Gasteiger partial charge in [-0.15, -0.1) is 11.3 Å². The molecule has 0 unspecified atom stereocenters. The molecule has 8 heteroatoms. The van der Waals surface area contributed by atoms with Crippen molar-refractivity contribution in [3.05, 3.63) is 39.3 Å². The van der Waals surface area contributed by atoms with Crippen molar-refractivity contribution in [1.82, 2.24) is 20.4 Å². The van der Waals surface area contributed by atoms with Crippen LogP contribution >= 0.6 is 11.3 Å². The number of hydrogen-bond acceptors (Lipinski definition) is 5. The lowest BCUT2D eigenvalue weighted by Gasteiger charge is -2.43. The van der Waals surface area contributed by atoms with Crippen LogP contribution in [-0.4, -0.2) is 52.6 Å². The third-order valence-corrected chi connectivity index (χ3v) is 6.57. The predicted octanol–water partition coefficient (Wildman–Crippen LogP) is 2.31. The molecule has 2 aliphatic rings. The maximum atomic E-state index is 12.5. The van der Waals surface area contributed by atoms with Gasteiger partial charge in [0.15, 0.2) is 0 Å². The molecular formula is C19H24N4O3S. The lowest BCUT2D eigenvalue weighted by molar-refractivity contribution is -0.0906. The van der Waals surface area contributed by atoms with E-state index in [1.807, 2.05) is 24.8 Å². The maximum Gasteiger partial charge on any atom is 0.271 e. The number of carbonyl (C=O) groups is 2. The number of amides is 2. The summed E-state index contributed by atoms with van der Waals surface area (Å²) < 4.78 is 6.25. The van der Waals surface area contributed by atoms with E-state index in [9.17, 15) is 9.59 Å². The van der Waals surface area contributed by atoms with Gasteiger partial charge >= 0.3 is 0 Å². The summed E-state index contributed by atoms with van der Waals surface area (Å²) in [7, 11) is 0. The molecule has 0 atom stereocenters. The van der Waals surface area contributed by atoms with Crippen molar-refractivity contribution < 1.29 is 14.3 Å². The van der Waals surface area contributed by atoms with Crippen molar-refractivity contribution in [3.63, 3.8) is 0 Å². The molecule has 2 aliphatic heterocycles. The molecule has 0 radical (unpaired) electrons. The number of carbonyl (C=O) groups excluding carboxylic acids is 2. The lowest BCUT2D eigenvalue weighted by Crippen LogP contribution is -2.48. The summed E-state index contributed by atoms with van der Waals surface area (Å²) in [6, 6.07) is 3.82. The lowest BCUT2D eigenvalue weighted by atomic mass is 9.85. The van der Waals surface area contributed by atoms with Gasteiger partial charge in [0.05, 0.1) is 11.5 Å². The summed E-state index contributed by atoms with van der Waals surface area (Å²) in [5, 5.41) is 9.56. The SMILES string of the molecule is CC(C)NC(=O)c1cc2c(s1)C1(CCN(C(=O)c3ccn[nH]3)CC1)OCC2. The number of rotatable bonds is 3. The van der Waals surface area contributed by atoms with Crippen molar-refractivity contribution >= 4 is 23.2 Å². The highest BCUT2D eigenvalue weighted by Crippen LogP contribution is 2.45. The van der Waals surface area contributed by atoms with Gasteiger partial charge in [-0.1, -0.05) is 0 Å². The minimum atomic E-state index is -0.376. The Balaban J connectivity index is 1.52. The van der Waals surface area contributed by atoms with Crippen molar-refractivity contribution in [2.24, 2.45) is 0 Å². The van der Waals surface area contributed by atoms with E-state index in [0.29, 0.717) is 25.4 Å². The molecule has 1 spiro atoms. The van der Waals surface area contributed by atoms with Gasteiger partial charge in [-0.05, 0) is 50.8 Å². The standard InChI is InChI=1S/C19H24N4O3S/c1-12(2)21-17(24)15-11-13-4-10-26-19(16(13)27-15)5-8-23(9-6-19)18(25)14-3-7-20-22-14/h3,7,11-12H,4-6,8-10H2,1-2H3,(H,20,22)(H,21,24). The van der Waals surface area contributed by atoms with Gasteiger partial charge in [0.25, 0.3) is 11.8 Å². The first kappa shape index (κ1) is 18.2. The van der Waals surface area contributed by atoms with Crippen LogP contribution in [-0.2, 0) is 16.8 Å². The Hall–Kier alpha value is -2.19. The summed E-state index contributed by atoms with van der Waals surface area (Å²) in [6.07, 6.45) is 3.90. The monoisotopic (exact) mass is 388 g/mol. The molecule has 144 valence electrons. The number of ether oxygens (including phenoxy) is 1. The molecule has 27 heavy (non-hydrogen) atoms.